The van der Waals surface area contributed by atoms with E-state index in [2.05, 4.69) is 34.6 Å². The predicted molar refractivity (Wildman–Crippen MR) is 108 cm³/mol. The second-order valence-corrected chi connectivity index (χ2v) is 8.15. The number of thioether (sulfide) groups is 1. The zero-order valence-electron chi connectivity index (χ0n) is 15.1. The van der Waals surface area contributed by atoms with Crippen molar-refractivity contribution in [2.45, 2.75) is 43.9 Å². The Morgan fingerprint density at radius 1 is 1.31 bits per heavy atom. The third-order valence-electron chi connectivity index (χ3n) is 4.09. The number of thiazole rings is 1. The number of amides is 1. The lowest BCUT2D eigenvalue weighted by Crippen LogP contribution is -2.17. The minimum absolute atomic E-state index is 0.123. The van der Waals surface area contributed by atoms with Crippen molar-refractivity contribution >= 4 is 34.8 Å². The number of rotatable bonds is 7. The lowest BCUT2D eigenvalue weighted by Gasteiger charge is -2.14. The smallest absolute Gasteiger partial charge is 0.256 e. The lowest BCUT2D eigenvalue weighted by molar-refractivity contribution is 0.102. The summed E-state index contributed by atoms with van der Waals surface area (Å²) in [5.74, 6) is 1.44. The predicted octanol–water partition coefficient (Wildman–Crippen LogP) is 5.16. The standard InChI is InChI=1S/C19H22N4OS2/c1-4-13(2)23-18(9-10-20-23)22-19(24)15-5-7-17(8-6-15)26-12-16-11-25-14(3)21-16/h5-11,13H,4,12H2,1-3H3,(H,22,24). The van der Waals surface area contributed by atoms with Gasteiger partial charge in [0.1, 0.15) is 5.82 Å². The fourth-order valence-electron chi connectivity index (χ4n) is 2.46. The van der Waals surface area contributed by atoms with Crippen molar-refractivity contribution in [3.05, 3.63) is 58.2 Å². The van der Waals surface area contributed by atoms with E-state index in [-0.39, 0.29) is 11.9 Å². The lowest BCUT2D eigenvalue weighted by atomic mass is 10.2. The highest BCUT2D eigenvalue weighted by Crippen LogP contribution is 2.24. The Labute approximate surface area is 161 Å². The largest absolute Gasteiger partial charge is 0.307 e. The van der Waals surface area contributed by atoms with Crippen LogP contribution < -0.4 is 5.32 Å². The Kier molecular flexibility index (Phi) is 6.11. The monoisotopic (exact) mass is 386 g/mol. The molecule has 1 atom stereocenters. The maximum absolute atomic E-state index is 12.5. The number of nitrogens with one attached hydrogen (secondary N) is 1. The minimum Gasteiger partial charge on any atom is -0.307 e. The van der Waals surface area contributed by atoms with Gasteiger partial charge in [-0.1, -0.05) is 6.92 Å². The molecule has 1 amide bonds. The molecule has 136 valence electrons. The van der Waals surface area contributed by atoms with Crippen molar-refractivity contribution in [1.29, 1.82) is 0 Å². The van der Waals surface area contributed by atoms with Gasteiger partial charge in [-0.2, -0.15) is 5.10 Å². The normalized spacial score (nSPS) is 12.1. The Balaban J connectivity index is 1.61. The summed E-state index contributed by atoms with van der Waals surface area (Å²) < 4.78 is 1.85. The molecule has 1 aromatic carbocycles. The van der Waals surface area contributed by atoms with E-state index >= 15 is 0 Å². The van der Waals surface area contributed by atoms with Gasteiger partial charge < -0.3 is 5.32 Å². The molecule has 0 saturated carbocycles. The number of hydrogen-bond acceptors (Lipinski definition) is 5. The first-order valence-corrected chi connectivity index (χ1v) is 10.4. The molecule has 0 aliphatic heterocycles. The van der Waals surface area contributed by atoms with Gasteiger partial charge in [-0.05, 0) is 44.5 Å². The third-order valence-corrected chi connectivity index (χ3v) is 5.96. The zero-order valence-corrected chi connectivity index (χ0v) is 16.7. The molecule has 2 aromatic heterocycles. The highest BCUT2D eigenvalue weighted by atomic mass is 32.2. The molecule has 0 aliphatic rings. The SMILES string of the molecule is CCC(C)n1nccc1NC(=O)c1ccc(SCc2csc(C)n2)cc1. The van der Waals surface area contributed by atoms with E-state index in [0.29, 0.717) is 5.56 Å². The van der Waals surface area contributed by atoms with E-state index in [9.17, 15) is 4.79 Å². The van der Waals surface area contributed by atoms with Crippen molar-refractivity contribution in [3.63, 3.8) is 0 Å². The number of hydrogen-bond donors (Lipinski definition) is 1. The Hall–Kier alpha value is -2.12. The van der Waals surface area contributed by atoms with Crippen LogP contribution in [0.25, 0.3) is 0 Å². The molecule has 0 bridgehead atoms. The maximum atomic E-state index is 12.5. The molecule has 0 radical (unpaired) electrons. The van der Waals surface area contributed by atoms with Gasteiger partial charge in [-0.25, -0.2) is 9.67 Å². The summed E-state index contributed by atoms with van der Waals surface area (Å²) in [4.78, 5) is 18.1. The zero-order chi connectivity index (χ0) is 18.5. The van der Waals surface area contributed by atoms with Gasteiger partial charge in [0.2, 0.25) is 0 Å². The van der Waals surface area contributed by atoms with Crippen LogP contribution in [0.2, 0.25) is 0 Å². The molecule has 1 unspecified atom stereocenters. The summed E-state index contributed by atoms with van der Waals surface area (Å²) in [5, 5.41) is 10.4. The van der Waals surface area contributed by atoms with Gasteiger partial charge in [0.05, 0.1) is 22.9 Å². The number of carbonyl (C=O) groups excluding carboxylic acids is 1. The Morgan fingerprint density at radius 2 is 2.08 bits per heavy atom. The molecule has 7 heteroatoms. The van der Waals surface area contributed by atoms with Crippen molar-refractivity contribution in [3.8, 4) is 0 Å². The maximum Gasteiger partial charge on any atom is 0.256 e. The van der Waals surface area contributed by atoms with E-state index in [1.807, 2.05) is 41.9 Å². The molecule has 3 rings (SSSR count). The molecule has 0 aliphatic carbocycles. The summed E-state index contributed by atoms with van der Waals surface area (Å²) in [6.45, 7) is 6.19. The van der Waals surface area contributed by atoms with Crippen LogP contribution in [0.5, 0.6) is 0 Å². The van der Waals surface area contributed by atoms with Crippen molar-refractivity contribution < 1.29 is 4.79 Å². The van der Waals surface area contributed by atoms with Crippen LogP contribution in [0.15, 0.2) is 46.8 Å². The van der Waals surface area contributed by atoms with Crippen LogP contribution in [0.3, 0.4) is 0 Å². The van der Waals surface area contributed by atoms with Gasteiger partial charge in [-0.3, -0.25) is 4.79 Å². The summed E-state index contributed by atoms with van der Waals surface area (Å²) in [6.07, 6.45) is 2.66. The second kappa shape index (κ2) is 8.51. The Morgan fingerprint density at radius 3 is 2.73 bits per heavy atom. The van der Waals surface area contributed by atoms with Crippen molar-refractivity contribution in [1.82, 2.24) is 14.8 Å². The van der Waals surface area contributed by atoms with E-state index < -0.39 is 0 Å². The average Bonchev–Trinajstić information content (AvgIpc) is 3.28. The summed E-state index contributed by atoms with van der Waals surface area (Å²) >= 11 is 3.39. The highest BCUT2D eigenvalue weighted by molar-refractivity contribution is 7.98. The molecule has 2 heterocycles. The van der Waals surface area contributed by atoms with E-state index in [0.717, 1.165) is 33.6 Å². The van der Waals surface area contributed by atoms with Gasteiger partial charge in [0.15, 0.2) is 0 Å². The van der Waals surface area contributed by atoms with Crippen LogP contribution >= 0.6 is 23.1 Å². The summed E-state index contributed by atoms with van der Waals surface area (Å²) in [6, 6.07) is 9.73. The fraction of sp³-hybridized carbons (Fsp3) is 0.316. The topological polar surface area (TPSA) is 59.8 Å². The number of aromatic nitrogens is 3. The minimum atomic E-state index is -0.123. The molecule has 0 spiro atoms. The molecule has 1 N–H and O–H groups in total. The number of aryl methyl sites for hydroxylation is 1. The quantitative estimate of drug-likeness (QED) is 0.570. The first-order chi connectivity index (χ1) is 12.6. The molecule has 26 heavy (non-hydrogen) atoms. The number of carbonyl (C=O) groups is 1. The third kappa shape index (κ3) is 4.53. The molecular weight excluding hydrogens is 364 g/mol. The number of benzene rings is 1. The van der Waals surface area contributed by atoms with Crippen LogP contribution in [-0.2, 0) is 5.75 Å². The molecule has 3 aromatic rings. The Bertz CT molecular complexity index is 870. The molecule has 0 saturated heterocycles. The molecule has 5 nitrogen and oxygen atoms in total. The first kappa shape index (κ1) is 18.7. The fourth-order valence-corrected chi connectivity index (χ4v) is 3.97. The summed E-state index contributed by atoms with van der Waals surface area (Å²) in [7, 11) is 0. The van der Waals surface area contributed by atoms with E-state index in [4.69, 9.17) is 0 Å². The van der Waals surface area contributed by atoms with Crippen LogP contribution in [0.4, 0.5) is 5.82 Å². The molecule has 0 fully saturated rings. The average molecular weight is 387 g/mol. The number of nitrogens with zero attached hydrogens (tertiary/aromatic N) is 3. The first-order valence-electron chi connectivity index (χ1n) is 8.55. The van der Waals surface area contributed by atoms with Gasteiger partial charge >= 0.3 is 0 Å². The summed E-state index contributed by atoms with van der Waals surface area (Å²) in [5.41, 5.74) is 1.73. The van der Waals surface area contributed by atoms with E-state index in [1.165, 1.54) is 0 Å². The van der Waals surface area contributed by atoms with Crippen molar-refractivity contribution in [2.75, 3.05) is 5.32 Å². The van der Waals surface area contributed by atoms with Crippen LogP contribution in [0, 0.1) is 6.92 Å². The van der Waals surface area contributed by atoms with Gasteiger partial charge in [0.25, 0.3) is 5.91 Å². The molecular formula is C19H22N4OS2. The van der Waals surface area contributed by atoms with Gasteiger partial charge in [-0.15, -0.1) is 23.1 Å². The van der Waals surface area contributed by atoms with Gasteiger partial charge in [0, 0.05) is 27.7 Å². The van der Waals surface area contributed by atoms with Crippen LogP contribution in [0.1, 0.15) is 47.4 Å². The van der Waals surface area contributed by atoms with E-state index in [1.54, 1.807) is 29.3 Å². The van der Waals surface area contributed by atoms with Crippen molar-refractivity contribution in [2.24, 2.45) is 0 Å². The highest BCUT2D eigenvalue weighted by Gasteiger charge is 2.12. The number of anilines is 1. The van der Waals surface area contributed by atoms with Crippen LogP contribution in [-0.4, -0.2) is 20.7 Å². The second-order valence-electron chi connectivity index (χ2n) is 6.04.